The summed E-state index contributed by atoms with van der Waals surface area (Å²) in [5, 5.41) is 15.3. The van der Waals surface area contributed by atoms with Crippen molar-refractivity contribution in [2.45, 2.75) is 37.8 Å². The summed E-state index contributed by atoms with van der Waals surface area (Å²) in [6.45, 7) is -0.485. The second-order valence-corrected chi connectivity index (χ2v) is 8.27. The van der Waals surface area contributed by atoms with Gasteiger partial charge in [0.25, 0.3) is 5.91 Å². The fraction of sp³-hybridized carbons (Fsp3) is 0.375. The molecule has 3 N–H and O–H groups in total. The van der Waals surface area contributed by atoms with Gasteiger partial charge in [0.2, 0.25) is 5.91 Å². The summed E-state index contributed by atoms with van der Waals surface area (Å²) in [7, 11) is 0. The maximum atomic E-state index is 12.7. The lowest BCUT2D eigenvalue weighted by molar-refractivity contribution is -0.124. The lowest BCUT2D eigenvalue weighted by Crippen LogP contribution is -2.52. The fourth-order valence-corrected chi connectivity index (χ4v) is 4.70. The number of hydrogen-bond acceptors (Lipinski definition) is 4. The van der Waals surface area contributed by atoms with E-state index in [-0.39, 0.29) is 23.3 Å². The van der Waals surface area contributed by atoms with Crippen molar-refractivity contribution < 1.29 is 19.5 Å². The number of hydrogen-bond donors (Lipinski definition) is 3. The van der Waals surface area contributed by atoms with E-state index >= 15 is 0 Å². The molecule has 2 bridgehead atoms. The zero-order chi connectivity index (χ0) is 21.1. The highest BCUT2D eigenvalue weighted by Gasteiger charge is 2.40. The van der Waals surface area contributed by atoms with Gasteiger partial charge in [0.15, 0.2) is 5.78 Å². The first kappa shape index (κ1) is 20.3. The highest BCUT2D eigenvalue weighted by atomic mass is 16.3. The van der Waals surface area contributed by atoms with Crippen LogP contribution in [0.3, 0.4) is 0 Å². The maximum Gasteiger partial charge on any atom is 0.252 e. The molecule has 156 valence electrons. The average molecular weight is 406 g/mol. The Hall–Kier alpha value is -2.99. The Morgan fingerprint density at radius 2 is 1.67 bits per heavy atom. The highest BCUT2D eigenvalue weighted by molar-refractivity contribution is 6.10. The van der Waals surface area contributed by atoms with Crippen molar-refractivity contribution in [2.24, 2.45) is 11.8 Å². The molecule has 2 aromatic rings. The third-order valence-corrected chi connectivity index (χ3v) is 6.29. The second-order valence-electron chi connectivity index (χ2n) is 8.27. The van der Waals surface area contributed by atoms with Gasteiger partial charge in [0, 0.05) is 22.7 Å². The number of benzene rings is 2. The molecule has 4 atom stereocenters. The van der Waals surface area contributed by atoms with Crippen LogP contribution in [0.25, 0.3) is 0 Å². The van der Waals surface area contributed by atoms with Gasteiger partial charge in [-0.1, -0.05) is 48.9 Å². The lowest BCUT2D eigenvalue weighted by atomic mass is 9.95. The van der Waals surface area contributed by atoms with E-state index in [0.717, 1.165) is 19.3 Å². The molecular formula is C24H26N2O4. The van der Waals surface area contributed by atoms with E-state index in [1.54, 1.807) is 42.5 Å². The second kappa shape index (κ2) is 8.79. The molecule has 2 aromatic carbocycles. The Bertz CT molecular complexity index is 943. The standard InChI is InChI=1S/C24H26N2O4/c27-14-21(24(30)25-20-12-15-9-10-17(20)11-15)26-23(29)19-8-4-7-18(13-19)22(28)16-5-2-1-3-6-16/h1-8,13,15,17,20-21,27H,9-12,14H2,(H,25,30)(H,26,29)/t15?,17?,20?,21-/m0/s1. The van der Waals surface area contributed by atoms with Gasteiger partial charge in [0.1, 0.15) is 6.04 Å². The molecular weight excluding hydrogens is 380 g/mol. The Kier molecular flexibility index (Phi) is 5.95. The van der Waals surface area contributed by atoms with Crippen molar-refractivity contribution in [1.29, 1.82) is 0 Å². The monoisotopic (exact) mass is 406 g/mol. The molecule has 2 amide bonds. The largest absolute Gasteiger partial charge is 0.394 e. The number of carbonyl (C=O) groups is 3. The van der Waals surface area contributed by atoms with E-state index in [1.165, 1.54) is 12.5 Å². The van der Waals surface area contributed by atoms with Crippen LogP contribution in [0.1, 0.15) is 52.0 Å². The minimum atomic E-state index is -1.02. The van der Waals surface area contributed by atoms with Crippen LogP contribution in [0.15, 0.2) is 54.6 Å². The van der Waals surface area contributed by atoms with E-state index in [0.29, 0.717) is 23.0 Å². The van der Waals surface area contributed by atoms with Crippen LogP contribution < -0.4 is 10.6 Å². The number of amides is 2. The summed E-state index contributed by atoms with van der Waals surface area (Å²) in [4.78, 5) is 37.9. The first-order valence-electron chi connectivity index (χ1n) is 10.5. The van der Waals surface area contributed by atoms with Crippen LogP contribution >= 0.6 is 0 Å². The molecule has 0 heterocycles. The van der Waals surface area contributed by atoms with E-state index in [1.807, 2.05) is 6.07 Å². The van der Waals surface area contributed by atoms with Crippen molar-refractivity contribution in [3.8, 4) is 0 Å². The molecule has 2 saturated carbocycles. The normalized spacial score (nSPS) is 23.0. The Morgan fingerprint density at radius 1 is 0.933 bits per heavy atom. The van der Waals surface area contributed by atoms with E-state index in [9.17, 15) is 19.5 Å². The number of ketones is 1. The van der Waals surface area contributed by atoms with Crippen molar-refractivity contribution in [1.82, 2.24) is 10.6 Å². The highest BCUT2D eigenvalue weighted by Crippen LogP contribution is 2.44. The summed E-state index contributed by atoms with van der Waals surface area (Å²) < 4.78 is 0. The molecule has 0 aromatic heterocycles. The van der Waals surface area contributed by atoms with Crippen molar-refractivity contribution >= 4 is 17.6 Å². The zero-order valence-corrected chi connectivity index (χ0v) is 16.7. The Labute approximate surface area is 175 Å². The molecule has 30 heavy (non-hydrogen) atoms. The third-order valence-electron chi connectivity index (χ3n) is 6.29. The number of nitrogens with one attached hydrogen (secondary N) is 2. The van der Waals surface area contributed by atoms with Crippen molar-refractivity contribution in [3.63, 3.8) is 0 Å². The number of aliphatic hydroxyl groups is 1. The van der Waals surface area contributed by atoms with Gasteiger partial charge in [-0.25, -0.2) is 0 Å². The van der Waals surface area contributed by atoms with Gasteiger partial charge in [-0.2, -0.15) is 0 Å². The topological polar surface area (TPSA) is 95.5 Å². The Balaban J connectivity index is 1.41. The van der Waals surface area contributed by atoms with Gasteiger partial charge in [-0.3, -0.25) is 14.4 Å². The first-order valence-corrected chi connectivity index (χ1v) is 10.5. The van der Waals surface area contributed by atoms with Gasteiger partial charge >= 0.3 is 0 Å². The molecule has 2 aliphatic rings. The summed E-state index contributed by atoms with van der Waals surface area (Å²) in [6.07, 6.45) is 4.50. The number of aliphatic hydroxyl groups excluding tert-OH is 1. The summed E-state index contributed by atoms with van der Waals surface area (Å²) in [6, 6.07) is 14.3. The third kappa shape index (κ3) is 4.28. The van der Waals surface area contributed by atoms with Crippen LogP contribution in [-0.4, -0.2) is 41.4 Å². The summed E-state index contributed by atoms with van der Waals surface area (Å²) in [5.74, 6) is 0.153. The van der Waals surface area contributed by atoms with Crippen molar-refractivity contribution in [2.75, 3.05) is 6.61 Å². The van der Waals surface area contributed by atoms with Crippen LogP contribution in [0.2, 0.25) is 0 Å². The van der Waals surface area contributed by atoms with Crippen LogP contribution in [0.5, 0.6) is 0 Å². The minimum absolute atomic E-state index is 0.133. The molecule has 0 spiro atoms. The Morgan fingerprint density at radius 3 is 2.33 bits per heavy atom. The van der Waals surface area contributed by atoms with Gasteiger partial charge in [-0.15, -0.1) is 0 Å². The van der Waals surface area contributed by atoms with Gasteiger partial charge in [-0.05, 0) is 43.2 Å². The van der Waals surface area contributed by atoms with E-state index < -0.39 is 18.6 Å². The van der Waals surface area contributed by atoms with Crippen molar-refractivity contribution in [3.05, 3.63) is 71.3 Å². The molecule has 6 nitrogen and oxygen atoms in total. The van der Waals surface area contributed by atoms with Gasteiger partial charge in [0.05, 0.1) is 6.61 Å². The predicted octanol–water partition coefficient (Wildman–Crippen LogP) is 2.31. The summed E-state index contributed by atoms with van der Waals surface area (Å²) >= 11 is 0. The summed E-state index contributed by atoms with van der Waals surface area (Å²) in [5.41, 5.74) is 1.19. The predicted molar refractivity (Wildman–Crippen MR) is 112 cm³/mol. The number of rotatable bonds is 7. The quantitative estimate of drug-likeness (QED) is 0.615. The lowest BCUT2D eigenvalue weighted by Gasteiger charge is -2.25. The number of carbonyl (C=O) groups excluding carboxylic acids is 3. The SMILES string of the molecule is O=C(N[C@@H](CO)C(=O)NC1CC2CCC1C2)c1cccc(C(=O)c2ccccc2)c1. The smallest absolute Gasteiger partial charge is 0.252 e. The zero-order valence-electron chi connectivity index (χ0n) is 16.7. The average Bonchev–Trinajstić information content (AvgIpc) is 3.40. The molecule has 0 saturated heterocycles. The minimum Gasteiger partial charge on any atom is -0.394 e. The molecule has 2 fully saturated rings. The molecule has 4 rings (SSSR count). The van der Waals surface area contributed by atoms with Crippen LogP contribution in [0, 0.1) is 11.8 Å². The molecule has 2 aliphatic carbocycles. The van der Waals surface area contributed by atoms with Crippen LogP contribution in [0.4, 0.5) is 0 Å². The fourth-order valence-electron chi connectivity index (χ4n) is 4.70. The molecule has 0 aliphatic heterocycles. The first-order chi connectivity index (χ1) is 14.5. The van der Waals surface area contributed by atoms with E-state index in [2.05, 4.69) is 10.6 Å². The number of fused-ring (bicyclic) bond motifs is 2. The molecule has 6 heteroatoms. The van der Waals surface area contributed by atoms with E-state index in [4.69, 9.17) is 0 Å². The molecule has 3 unspecified atom stereocenters. The van der Waals surface area contributed by atoms with Crippen LogP contribution in [-0.2, 0) is 4.79 Å². The molecule has 0 radical (unpaired) electrons. The van der Waals surface area contributed by atoms with Gasteiger partial charge < -0.3 is 15.7 Å². The maximum absolute atomic E-state index is 12.7.